The predicted molar refractivity (Wildman–Crippen MR) is 145 cm³/mol. The third kappa shape index (κ3) is 6.14. The highest BCUT2D eigenvalue weighted by atomic mass is 16.6. The lowest BCUT2D eigenvalue weighted by Crippen LogP contribution is -2.48. The van der Waals surface area contributed by atoms with Crippen molar-refractivity contribution in [1.82, 2.24) is 10.2 Å². The zero-order valence-corrected chi connectivity index (χ0v) is 22.1. The van der Waals surface area contributed by atoms with Crippen molar-refractivity contribution in [1.29, 1.82) is 0 Å². The van der Waals surface area contributed by atoms with Gasteiger partial charge in [0.15, 0.2) is 12.1 Å². The smallest absolute Gasteiger partial charge is 0.411 e. The van der Waals surface area contributed by atoms with Crippen LogP contribution < -0.4 is 15.4 Å². The van der Waals surface area contributed by atoms with Gasteiger partial charge >= 0.3 is 6.09 Å². The summed E-state index contributed by atoms with van der Waals surface area (Å²) in [6.07, 6.45) is -0.648. The van der Waals surface area contributed by atoms with Crippen LogP contribution in [0.1, 0.15) is 53.4 Å². The predicted octanol–water partition coefficient (Wildman–Crippen LogP) is 5.23. The molecule has 8 heteroatoms. The highest BCUT2D eigenvalue weighted by Crippen LogP contribution is 2.35. The fourth-order valence-corrected chi connectivity index (χ4v) is 4.27. The average molecular weight is 516 g/mol. The van der Waals surface area contributed by atoms with Crippen LogP contribution in [0.15, 0.2) is 72.8 Å². The Hall–Kier alpha value is -4.33. The Kier molecular flexibility index (Phi) is 8.31. The van der Waals surface area contributed by atoms with E-state index >= 15 is 0 Å². The number of hydrogen-bond donors (Lipinski definition) is 2. The van der Waals surface area contributed by atoms with E-state index in [2.05, 4.69) is 10.6 Å². The summed E-state index contributed by atoms with van der Waals surface area (Å²) in [5.74, 6) is 0.0822. The van der Waals surface area contributed by atoms with Crippen molar-refractivity contribution in [3.63, 3.8) is 0 Å². The second-order valence-corrected chi connectivity index (χ2v) is 9.49. The first-order valence-electron chi connectivity index (χ1n) is 12.7. The monoisotopic (exact) mass is 515 g/mol. The molecule has 38 heavy (non-hydrogen) atoms. The largest absolute Gasteiger partial charge is 0.497 e. The molecule has 8 nitrogen and oxygen atoms in total. The third-order valence-electron chi connectivity index (χ3n) is 6.65. The van der Waals surface area contributed by atoms with Crippen molar-refractivity contribution in [2.75, 3.05) is 12.4 Å². The topological polar surface area (TPSA) is 97.0 Å². The van der Waals surface area contributed by atoms with Crippen molar-refractivity contribution in [2.24, 2.45) is 0 Å². The molecule has 1 aliphatic heterocycles. The van der Waals surface area contributed by atoms with E-state index in [9.17, 15) is 14.4 Å². The van der Waals surface area contributed by atoms with Gasteiger partial charge in [-0.05, 0) is 67.8 Å². The molecule has 0 aliphatic carbocycles. The van der Waals surface area contributed by atoms with Crippen LogP contribution in [0.4, 0.5) is 10.5 Å². The number of ether oxygens (including phenoxy) is 2. The van der Waals surface area contributed by atoms with E-state index in [4.69, 9.17) is 9.47 Å². The maximum atomic E-state index is 13.4. The van der Waals surface area contributed by atoms with E-state index in [1.165, 1.54) is 4.90 Å². The SMILES string of the molecule is CC[C@H](C)NC(=O)[C@@H]1[C@H](c2cccc(NC(=O)c3ccc(OC)cc3)c2)OC(=O)N1Cc1ccc(C)cc1. The van der Waals surface area contributed by atoms with Gasteiger partial charge in [0, 0.05) is 17.3 Å². The normalized spacial score (nSPS) is 17.5. The van der Waals surface area contributed by atoms with Crippen molar-refractivity contribution < 1.29 is 23.9 Å². The molecule has 0 saturated carbocycles. The molecule has 3 atom stereocenters. The summed E-state index contributed by atoms with van der Waals surface area (Å²) in [4.78, 5) is 40.7. The number of carbonyl (C=O) groups is 3. The molecule has 0 radical (unpaired) electrons. The number of amides is 3. The lowest BCUT2D eigenvalue weighted by Gasteiger charge is -2.26. The lowest BCUT2D eigenvalue weighted by atomic mass is 9.99. The van der Waals surface area contributed by atoms with Gasteiger partial charge in [-0.3, -0.25) is 14.5 Å². The molecule has 1 heterocycles. The highest BCUT2D eigenvalue weighted by molar-refractivity contribution is 6.04. The molecule has 198 valence electrons. The Morgan fingerprint density at radius 2 is 1.76 bits per heavy atom. The van der Waals surface area contributed by atoms with E-state index in [1.807, 2.05) is 45.0 Å². The molecule has 4 rings (SSSR count). The van der Waals surface area contributed by atoms with Crippen LogP contribution in [0.5, 0.6) is 5.75 Å². The molecule has 3 amide bonds. The number of cyclic esters (lactones) is 1. The lowest BCUT2D eigenvalue weighted by molar-refractivity contribution is -0.127. The summed E-state index contributed by atoms with van der Waals surface area (Å²) >= 11 is 0. The molecule has 1 saturated heterocycles. The van der Waals surface area contributed by atoms with Crippen molar-refractivity contribution in [2.45, 2.75) is 51.9 Å². The second kappa shape index (κ2) is 11.8. The van der Waals surface area contributed by atoms with Crippen LogP contribution in [0.3, 0.4) is 0 Å². The van der Waals surface area contributed by atoms with Crippen LogP contribution in [-0.4, -0.2) is 42.0 Å². The molecular weight excluding hydrogens is 482 g/mol. The van der Waals surface area contributed by atoms with Crippen LogP contribution in [0.25, 0.3) is 0 Å². The summed E-state index contributed by atoms with van der Waals surface area (Å²) in [5.41, 5.74) is 3.61. The van der Waals surface area contributed by atoms with Crippen LogP contribution in [0.2, 0.25) is 0 Å². The molecule has 1 fully saturated rings. The number of hydrogen-bond acceptors (Lipinski definition) is 5. The van der Waals surface area contributed by atoms with Gasteiger partial charge in [-0.25, -0.2) is 4.79 Å². The van der Waals surface area contributed by atoms with Gasteiger partial charge in [-0.15, -0.1) is 0 Å². The number of aryl methyl sites for hydroxylation is 1. The molecular formula is C30H33N3O5. The Morgan fingerprint density at radius 1 is 1.05 bits per heavy atom. The van der Waals surface area contributed by atoms with Gasteiger partial charge in [0.25, 0.3) is 5.91 Å². The summed E-state index contributed by atoms with van der Waals surface area (Å²) in [5, 5.41) is 5.88. The number of rotatable bonds is 9. The molecule has 0 spiro atoms. The number of benzene rings is 3. The molecule has 0 unspecified atom stereocenters. The standard InChI is InChI=1S/C30H33N3O5/c1-5-20(3)31-29(35)26-27(38-30(36)33(26)18-21-11-9-19(2)10-12-21)23-7-6-8-24(17-23)32-28(34)22-13-15-25(37-4)16-14-22/h6-17,20,26-27H,5,18H2,1-4H3,(H,31,35)(H,32,34)/t20-,26-,27-/m0/s1. The minimum Gasteiger partial charge on any atom is -0.497 e. The fraction of sp³-hybridized carbons (Fsp3) is 0.300. The number of anilines is 1. The fourth-order valence-electron chi connectivity index (χ4n) is 4.27. The van der Waals surface area contributed by atoms with Crippen LogP contribution >= 0.6 is 0 Å². The van der Waals surface area contributed by atoms with Gasteiger partial charge in [-0.2, -0.15) is 0 Å². The average Bonchev–Trinajstić information content (AvgIpc) is 3.25. The Bertz CT molecular complexity index is 1290. The summed E-state index contributed by atoms with van der Waals surface area (Å²) in [6, 6.07) is 20.7. The van der Waals surface area contributed by atoms with Gasteiger partial charge in [-0.1, -0.05) is 48.9 Å². The molecule has 0 aromatic heterocycles. The zero-order valence-electron chi connectivity index (χ0n) is 22.1. The maximum Gasteiger partial charge on any atom is 0.411 e. The number of nitrogens with zero attached hydrogens (tertiary/aromatic N) is 1. The summed E-state index contributed by atoms with van der Waals surface area (Å²) < 4.78 is 10.9. The van der Waals surface area contributed by atoms with E-state index in [1.54, 1.807) is 55.6 Å². The Morgan fingerprint density at radius 3 is 2.42 bits per heavy atom. The molecule has 0 bridgehead atoms. The second-order valence-electron chi connectivity index (χ2n) is 9.49. The van der Waals surface area contributed by atoms with Crippen molar-refractivity contribution in [3.05, 3.63) is 95.1 Å². The minimum absolute atomic E-state index is 0.0600. The first-order valence-corrected chi connectivity index (χ1v) is 12.7. The van der Waals surface area contributed by atoms with Gasteiger partial charge < -0.3 is 20.1 Å². The minimum atomic E-state index is -0.870. The van der Waals surface area contributed by atoms with Crippen molar-refractivity contribution >= 4 is 23.6 Å². The summed E-state index contributed by atoms with van der Waals surface area (Å²) in [7, 11) is 1.56. The van der Waals surface area contributed by atoms with Crippen LogP contribution in [0, 0.1) is 6.92 Å². The maximum absolute atomic E-state index is 13.4. The van der Waals surface area contributed by atoms with E-state index < -0.39 is 18.2 Å². The number of carbonyl (C=O) groups excluding carboxylic acids is 3. The first-order chi connectivity index (χ1) is 18.3. The summed E-state index contributed by atoms with van der Waals surface area (Å²) in [6.45, 7) is 6.14. The van der Waals surface area contributed by atoms with Gasteiger partial charge in [0.1, 0.15) is 5.75 Å². The third-order valence-corrected chi connectivity index (χ3v) is 6.65. The van der Waals surface area contributed by atoms with Gasteiger partial charge in [0.2, 0.25) is 5.91 Å². The highest BCUT2D eigenvalue weighted by Gasteiger charge is 2.47. The molecule has 3 aromatic carbocycles. The molecule has 1 aliphatic rings. The van der Waals surface area contributed by atoms with Crippen LogP contribution in [-0.2, 0) is 16.1 Å². The van der Waals surface area contributed by atoms with E-state index in [-0.39, 0.29) is 24.4 Å². The Labute approximate surface area is 222 Å². The van der Waals surface area contributed by atoms with E-state index in [0.717, 1.165) is 17.5 Å². The van der Waals surface area contributed by atoms with E-state index in [0.29, 0.717) is 22.6 Å². The number of methoxy groups -OCH3 is 1. The molecule has 2 N–H and O–H groups in total. The molecule has 3 aromatic rings. The first kappa shape index (κ1) is 26.7. The quantitative estimate of drug-likeness (QED) is 0.407. The van der Waals surface area contributed by atoms with Gasteiger partial charge in [0.05, 0.1) is 13.7 Å². The zero-order chi connectivity index (χ0) is 27.2. The van der Waals surface area contributed by atoms with Crippen molar-refractivity contribution in [3.8, 4) is 5.75 Å². The number of nitrogens with one attached hydrogen (secondary N) is 2. The Balaban J connectivity index is 1.59.